The number of para-hydroxylation sites is 1. The van der Waals surface area contributed by atoms with E-state index in [4.69, 9.17) is 13.9 Å². The van der Waals surface area contributed by atoms with Gasteiger partial charge in [-0.25, -0.2) is 4.79 Å². The van der Waals surface area contributed by atoms with Gasteiger partial charge in [-0.2, -0.15) is 0 Å². The van der Waals surface area contributed by atoms with Crippen molar-refractivity contribution in [2.24, 2.45) is 0 Å². The van der Waals surface area contributed by atoms with Crippen LogP contribution in [0, 0.1) is 0 Å². The number of urea groups is 1. The highest BCUT2D eigenvalue weighted by atomic mass is 16.5. The molecule has 30 heavy (non-hydrogen) atoms. The first-order valence-electron chi connectivity index (χ1n) is 9.59. The van der Waals surface area contributed by atoms with E-state index in [1.807, 2.05) is 30.3 Å². The second kappa shape index (κ2) is 8.73. The predicted octanol–water partition coefficient (Wildman–Crippen LogP) is 3.11. The molecule has 2 amide bonds. The Balaban J connectivity index is 1.37. The van der Waals surface area contributed by atoms with Gasteiger partial charge in [0.2, 0.25) is 0 Å². The third kappa shape index (κ3) is 4.00. The number of piperazine rings is 1. The first kappa shape index (κ1) is 19.6. The number of carbonyl (C=O) groups excluding carboxylic acids is 1. The van der Waals surface area contributed by atoms with Gasteiger partial charge in [-0.1, -0.05) is 6.07 Å². The largest absolute Gasteiger partial charge is 0.494 e. The van der Waals surface area contributed by atoms with E-state index in [0.29, 0.717) is 54.8 Å². The molecule has 9 nitrogen and oxygen atoms in total. The van der Waals surface area contributed by atoms with Crippen LogP contribution in [0.3, 0.4) is 0 Å². The van der Waals surface area contributed by atoms with Gasteiger partial charge in [-0.15, -0.1) is 10.2 Å². The number of hydrogen-bond donors (Lipinski definition) is 1. The number of carbonyl (C=O) groups is 1. The zero-order chi connectivity index (χ0) is 20.9. The Morgan fingerprint density at radius 3 is 2.27 bits per heavy atom. The van der Waals surface area contributed by atoms with E-state index in [-0.39, 0.29) is 6.03 Å². The molecule has 156 valence electrons. The molecular formula is C21H23N5O4. The summed E-state index contributed by atoms with van der Waals surface area (Å²) in [5.74, 6) is 2.56. The fraction of sp³-hybridized carbons (Fsp3) is 0.286. The van der Waals surface area contributed by atoms with Gasteiger partial charge in [0.15, 0.2) is 11.6 Å². The molecule has 0 saturated carbocycles. The smallest absolute Gasteiger partial charge is 0.322 e. The summed E-state index contributed by atoms with van der Waals surface area (Å²) < 4.78 is 16.0. The molecule has 0 radical (unpaired) electrons. The number of aromatic nitrogens is 2. The van der Waals surface area contributed by atoms with E-state index in [1.54, 1.807) is 37.5 Å². The minimum Gasteiger partial charge on any atom is -0.494 e. The van der Waals surface area contributed by atoms with Crippen LogP contribution in [0.1, 0.15) is 0 Å². The molecule has 1 saturated heterocycles. The Hall–Kier alpha value is -3.75. The number of nitrogens with one attached hydrogen (secondary N) is 1. The van der Waals surface area contributed by atoms with E-state index in [0.717, 1.165) is 5.82 Å². The van der Waals surface area contributed by atoms with Crippen LogP contribution in [-0.4, -0.2) is 61.5 Å². The molecule has 1 aromatic carbocycles. The normalized spacial score (nSPS) is 13.8. The van der Waals surface area contributed by atoms with Gasteiger partial charge in [0.05, 0.1) is 20.5 Å². The Morgan fingerprint density at radius 2 is 1.70 bits per heavy atom. The fourth-order valence-electron chi connectivity index (χ4n) is 3.35. The summed E-state index contributed by atoms with van der Waals surface area (Å²) in [6.07, 6.45) is 1.61. The van der Waals surface area contributed by atoms with Crippen LogP contribution in [-0.2, 0) is 0 Å². The van der Waals surface area contributed by atoms with Crippen molar-refractivity contribution in [3.63, 3.8) is 0 Å². The lowest BCUT2D eigenvalue weighted by Crippen LogP contribution is -2.50. The summed E-state index contributed by atoms with van der Waals surface area (Å²) in [5, 5.41) is 11.5. The third-order valence-electron chi connectivity index (χ3n) is 4.97. The Morgan fingerprint density at radius 1 is 0.967 bits per heavy atom. The molecule has 2 aromatic heterocycles. The maximum absolute atomic E-state index is 12.8. The van der Waals surface area contributed by atoms with Gasteiger partial charge in [-0.05, 0) is 36.4 Å². The number of anilines is 2. The Kier molecular flexibility index (Phi) is 5.69. The highest BCUT2D eigenvalue weighted by Crippen LogP contribution is 2.34. The summed E-state index contributed by atoms with van der Waals surface area (Å²) in [7, 11) is 3.11. The highest BCUT2D eigenvalue weighted by molar-refractivity contribution is 5.93. The summed E-state index contributed by atoms with van der Waals surface area (Å²) in [4.78, 5) is 16.6. The van der Waals surface area contributed by atoms with Crippen molar-refractivity contribution in [2.45, 2.75) is 0 Å². The maximum atomic E-state index is 12.8. The number of amides is 2. The Bertz CT molecular complexity index is 961. The number of rotatable bonds is 5. The van der Waals surface area contributed by atoms with Crippen molar-refractivity contribution in [3.8, 4) is 23.0 Å². The first-order valence-corrected chi connectivity index (χ1v) is 9.59. The van der Waals surface area contributed by atoms with Crippen molar-refractivity contribution in [3.05, 3.63) is 48.7 Å². The number of hydrogen-bond acceptors (Lipinski definition) is 7. The molecular weight excluding hydrogens is 386 g/mol. The second-order valence-electron chi connectivity index (χ2n) is 6.70. The molecule has 0 atom stereocenters. The van der Waals surface area contributed by atoms with Crippen LogP contribution in [0.15, 0.2) is 53.1 Å². The highest BCUT2D eigenvalue weighted by Gasteiger charge is 2.24. The van der Waals surface area contributed by atoms with E-state index in [9.17, 15) is 4.79 Å². The average Bonchev–Trinajstić information content (AvgIpc) is 3.34. The van der Waals surface area contributed by atoms with Crippen LogP contribution in [0.25, 0.3) is 11.5 Å². The van der Waals surface area contributed by atoms with E-state index < -0.39 is 0 Å². The van der Waals surface area contributed by atoms with Crippen molar-refractivity contribution in [1.82, 2.24) is 15.1 Å². The zero-order valence-corrected chi connectivity index (χ0v) is 16.9. The first-order chi connectivity index (χ1) is 14.7. The summed E-state index contributed by atoms with van der Waals surface area (Å²) in [6.45, 7) is 2.44. The lowest BCUT2D eigenvalue weighted by molar-refractivity contribution is 0.207. The Labute approximate surface area is 174 Å². The predicted molar refractivity (Wildman–Crippen MR) is 112 cm³/mol. The zero-order valence-electron chi connectivity index (χ0n) is 16.9. The monoisotopic (exact) mass is 409 g/mol. The molecule has 0 spiro atoms. The van der Waals surface area contributed by atoms with Gasteiger partial charge in [0, 0.05) is 26.2 Å². The molecule has 4 rings (SSSR count). The number of nitrogens with zero attached hydrogens (tertiary/aromatic N) is 4. The molecule has 3 heterocycles. The summed E-state index contributed by atoms with van der Waals surface area (Å²) in [5.41, 5.74) is 1.21. The molecule has 0 unspecified atom stereocenters. The number of benzene rings is 1. The number of ether oxygens (including phenoxy) is 2. The number of methoxy groups -OCH3 is 2. The van der Waals surface area contributed by atoms with Crippen LogP contribution in [0.4, 0.5) is 16.3 Å². The minimum absolute atomic E-state index is 0.197. The van der Waals surface area contributed by atoms with Gasteiger partial charge in [-0.3, -0.25) is 0 Å². The topological polar surface area (TPSA) is 93.0 Å². The molecule has 1 N–H and O–H groups in total. The lowest BCUT2D eigenvalue weighted by atomic mass is 10.2. The second-order valence-corrected chi connectivity index (χ2v) is 6.70. The quantitative estimate of drug-likeness (QED) is 0.692. The minimum atomic E-state index is -0.197. The van der Waals surface area contributed by atoms with E-state index in [1.165, 1.54) is 0 Å². The van der Waals surface area contributed by atoms with Crippen LogP contribution in [0.2, 0.25) is 0 Å². The molecule has 0 aliphatic carbocycles. The molecule has 3 aromatic rings. The molecule has 1 aliphatic rings. The van der Waals surface area contributed by atoms with Crippen molar-refractivity contribution in [2.75, 3.05) is 50.6 Å². The average molecular weight is 409 g/mol. The lowest BCUT2D eigenvalue weighted by Gasteiger charge is -2.35. The van der Waals surface area contributed by atoms with E-state index in [2.05, 4.69) is 20.4 Å². The molecule has 1 aliphatic heterocycles. The van der Waals surface area contributed by atoms with Gasteiger partial charge < -0.3 is 29.0 Å². The maximum Gasteiger partial charge on any atom is 0.322 e. The third-order valence-corrected chi connectivity index (χ3v) is 4.97. The van der Waals surface area contributed by atoms with Crippen LogP contribution >= 0.6 is 0 Å². The SMILES string of the molecule is COc1cccc(OC)c1NC(=O)N1CCN(c2ccc(-c3ccco3)nn2)CC1. The van der Waals surface area contributed by atoms with E-state index >= 15 is 0 Å². The van der Waals surface area contributed by atoms with Gasteiger partial charge in [0.25, 0.3) is 0 Å². The summed E-state index contributed by atoms with van der Waals surface area (Å²) in [6, 6.07) is 12.6. The number of furan rings is 1. The molecule has 0 bridgehead atoms. The fourth-order valence-corrected chi connectivity index (χ4v) is 3.35. The van der Waals surface area contributed by atoms with Gasteiger partial charge >= 0.3 is 6.03 Å². The van der Waals surface area contributed by atoms with Crippen LogP contribution < -0.4 is 19.7 Å². The standard InChI is InChI=1S/C21H23N5O4/c1-28-17-5-3-6-18(29-2)20(17)22-21(27)26-12-10-25(11-13-26)19-9-8-15(23-24-19)16-7-4-14-30-16/h3-9,14H,10-13H2,1-2H3,(H,22,27). The van der Waals surface area contributed by atoms with Crippen molar-refractivity contribution < 1.29 is 18.7 Å². The molecule has 1 fully saturated rings. The summed E-state index contributed by atoms with van der Waals surface area (Å²) >= 11 is 0. The molecule has 9 heteroatoms. The van der Waals surface area contributed by atoms with Crippen molar-refractivity contribution in [1.29, 1.82) is 0 Å². The van der Waals surface area contributed by atoms with Crippen LogP contribution in [0.5, 0.6) is 11.5 Å². The van der Waals surface area contributed by atoms with Crippen molar-refractivity contribution >= 4 is 17.5 Å². The van der Waals surface area contributed by atoms with Gasteiger partial charge in [0.1, 0.15) is 22.9 Å².